The average molecular weight is 495 g/mol. The second kappa shape index (κ2) is 7.99. The molecule has 0 atom stereocenters. The predicted octanol–water partition coefficient (Wildman–Crippen LogP) is -1.00. The van der Waals surface area contributed by atoms with Crippen molar-refractivity contribution in [2.24, 2.45) is 0 Å². The quantitative estimate of drug-likeness (QED) is 0.310. The number of halogens is 2. The maximum absolute atomic E-state index is 3.67. The van der Waals surface area contributed by atoms with E-state index in [0.717, 1.165) is 0 Å². The van der Waals surface area contributed by atoms with E-state index in [4.69, 9.17) is 0 Å². The van der Waals surface area contributed by atoms with Crippen LogP contribution in [0, 0.1) is 0 Å². The zero-order valence-electron chi connectivity index (χ0n) is 15.3. The van der Waals surface area contributed by atoms with Crippen molar-refractivity contribution in [3.8, 4) is 0 Å². The summed E-state index contributed by atoms with van der Waals surface area (Å²) >= 11 is -0.974. The molecule has 0 bridgehead atoms. The van der Waals surface area contributed by atoms with Gasteiger partial charge in [-0.05, 0) is 0 Å². The molecule has 2 aromatic heterocycles. The first-order valence-corrected chi connectivity index (χ1v) is 11.6. The van der Waals surface area contributed by atoms with Gasteiger partial charge in [0, 0.05) is 0 Å². The first-order valence-electron chi connectivity index (χ1n) is 9.14. The zero-order valence-corrected chi connectivity index (χ0v) is 19.3. The Kier molecular flexibility index (Phi) is 5.57. The maximum atomic E-state index is 3.67. The van der Waals surface area contributed by atoms with Gasteiger partial charge in [-0.3, -0.25) is 0 Å². The van der Waals surface area contributed by atoms with Crippen LogP contribution < -0.4 is 31.4 Å². The van der Waals surface area contributed by atoms with Crippen LogP contribution in [0.3, 0.4) is 0 Å². The van der Waals surface area contributed by atoms with E-state index in [0.29, 0.717) is 0 Å². The molecule has 0 radical (unpaired) electrons. The Hall–Kier alpha value is -2.06. The van der Waals surface area contributed by atoms with Crippen LogP contribution in [-0.2, 0) is 23.2 Å². The van der Waals surface area contributed by atoms with Crippen molar-refractivity contribution >= 4 is 50.2 Å². The van der Waals surface area contributed by atoms with Crippen molar-refractivity contribution in [3.05, 3.63) is 84.9 Å². The van der Waals surface area contributed by atoms with Gasteiger partial charge in [-0.1, -0.05) is 0 Å². The molecule has 140 valence electrons. The van der Waals surface area contributed by atoms with Gasteiger partial charge in [0.1, 0.15) is 0 Å². The number of nitrogens with one attached hydrogen (secondary N) is 2. The summed E-state index contributed by atoms with van der Waals surface area (Å²) in [7, 11) is 0. The van der Waals surface area contributed by atoms with Crippen LogP contribution in [0.5, 0.6) is 0 Å². The molecule has 5 heteroatoms. The Morgan fingerprint density at radius 2 is 0.862 bits per heavy atom. The molecule has 0 unspecified atom stereocenters. The third kappa shape index (κ3) is 3.22. The Balaban J connectivity index is 0.00000102. The predicted molar refractivity (Wildman–Crippen MR) is 111 cm³/mol. The molecule has 6 aromatic rings. The van der Waals surface area contributed by atoms with E-state index in [1.54, 1.807) is 0 Å². The fraction of sp³-hybridized carbons (Fsp3) is 0. The van der Waals surface area contributed by atoms with Crippen LogP contribution in [0.2, 0.25) is 0 Å². The molecule has 0 aliphatic rings. The molecule has 0 saturated heterocycles. The normalized spacial score (nSPS) is 10.8. The summed E-state index contributed by atoms with van der Waals surface area (Å²) in [5.74, 6) is 0. The summed E-state index contributed by atoms with van der Waals surface area (Å²) in [6.45, 7) is 0. The number of H-pyrrole nitrogens is 2. The minimum atomic E-state index is -0.974. The summed E-state index contributed by atoms with van der Waals surface area (Å²) in [4.78, 5) is 7.35. The van der Waals surface area contributed by atoms with Crippen LogP contribution in [-0.4, -0.2) is 9.97 Å². The molecule has 6 rings (SSSR count). The number of hydrogen-bond donors (Lipinski definition) is 2. The number of rotatable bonds is 2. The van der Waals surface area contributed by atoms with Gasteiger partial charge in [-0.15, -0.1) is 0 Å². The van der Waals surface area contributed by atoms with Crippen molar-refractivity contribution in [3.63, 3.8) is 0 Å². The zero-order chi connectivity index (χ0) is 17.8. The van der Waals surface area contributed by atoms with Gasteiger partial charge < -0.3 is 24.8 Å². The first-order chi connectivity index (χ1) is 13.4. The number of para-hydroxylation sites is 4. The molecule has 2 nitrogen and oxygen atoms in total. The summed E-state index contributed by atoms with van der Waals surface area (Å²) < 4.78 is 3.00. The fourth-order valence-corrected chi connectivity index (χ4v) is 7.28. The van der Waals surface area contributed by atoms with Gasteiger partial charge in [0.15, 0.2) is 0 Å². The van der Waals surface area contributed by atoms with E-state index in [2.05, 4.69) is 94.9 Å². The van der Waals surface area contributed by atoms with E-state index in [-0.39, 0.29) is 24.8 Å². The van der Waals surface area contributed by atoms with Crippen LogP contribution in [0.1, 0.15) is 0 Å². The molecule has 0 aliphatic heterocycles. The first kappa shape index (κ1) is 20.2. The molecule has 2 N–H and O–H groups in total. The topological polar surface area (TPSA) is 31.6 Å². The number of aromatic nitrogens is 2. The molecule has 0 saturated carbocycles. The van der Waals surface area contributed by atoms with Gasteiger partial charge in [0.05, 0.1) is 0 Å². The van der Waals surface area contributed by atoms with Gasteiger partial charge in [0.2, 0.25) is 0 Å². The third-order valence-electron chi connectivity index (χ3n) is 5.35. The van der Waals surface area contributed by atoms with Crippen LogP contribution >= 0.6 is 0 Å². The second-order valence-corrected chi connectivity index (χ2v) is 10.2. The van der Waals surface area contributed by atoms with Crippen molar-refractivity contribution in [2.45, 2.75) is 0 Å². The summed E-state index contributed by atoms with van der Waals surface area (Å²) in [6.07, 6.45) is 0. The SMILES string of the molecule is [Cl-].[Cl-].c1ccc2c(c1)[nH]c1[c]([Zr+2][c]3cccc4c3[nH]c3ccccc34)cccc12. The summed E-state index contributed by atoms with van der Waals surface area (Å²) in [6, 6.07) is 30.7. The minimum absolute atomic E-state index is 0. The Morgan fingerprint density at radius 3 is 1.34 bits per heavy atom. The summed E-state index contributed by atoms with van der Waals surface area (Å²) in [5, 5.41) is 5.32. The molecule has 0 aliphatic carbocycles. The monoisotopic (exact) mass is 492 g/mol. The van der Waals surface area contributed by atoms with Crippen molar-refractivity contribution < 1.29 is 48.0 Å². The van der Waals surface area contributed by atoms with Crippen molar-refractivity contribution in [1.82, 2.24) is 9.97 Å². The van der Waals surface area contributed by atoms with E-state index >= 15 is 0 Å². The van der Waals surface area contributed by atoms with Gasteiger partial charge in [-0.2, -0.15) is 0 Å². The van der Waals surface area contributed by atoms with Crippen LogP contribution in [0.15, 0.2) is 84.9 Å². The number of benzene rings is 4. The molecule has 2 heterocycles. The molecular weight excluding hydrogens is 478 g/mol. The van der Waals surface area contributed by atoms with Crippen molar-refractivity contribution in [2.75, 3.05) is 0 Å². The molecular formula is C24H16Cl2N2Zr. The number of hydrogen-bond acceptors (Lipinski definition) is 0. The van der Waals surface area contributed by atoms with E-state index in [1.165, 1.54) is 50.2 Å². The number of fused-ring (bicyclic) bond motifs is 6. The third-order valence-corrected chi connectivity index (χ3v) is 8.72. The van der Waals surface area contributed by atoms with Crippen molar-refractivity contribution in [1.29, 1.82) is 0 Å². The van der Waals surface area contributed by atoms with Gasteiger partial charge in [-0.25, -0.2) is 0 Å². The standard InChI is InChI=1S/2C12H8N.2ClH.Zr/c2*1-3-7-11-9(5-1)10-6-2-4-8-12(10)13-11;;;/h2*1-7,13H;2*1H;/q;;;;+2/p-2. The summed E-state index contributed by atoms with van der Waals surface area (Å²) in [5.41, 5.74) is 5.09. The average Bonchev–Trinajstić information content (AvgIpc) is 3.28. The second-order valence-electron chi connectivity index (χ2n) is 6.92. The van der Waals surface area contributed by atoms with Crippen LogP contribution in [0.4, 0.5) is 0 Å². The molecule has 4 aromatic carbocycles. The Bertz CT molecular complexity index is 1350. The van der Waals surface area contributed by atoms with Crippen LogP contribution in [0.25, 0.3) is 43.6 Å². The van der Waals surface area contributed by atoms with E-state index in [9.17, 15) is 0 Å². The van der Waals surface area contributed by atoms with Gasteiger partial charge in [0.25, 0.3) is 0 Å². The number of aromatic amines is 2. The van der Waals surface area contributed by atoms with E-state index in [1.807, 2.05) is 0 Å². The molecule has 29 heavy (non-hydrogen) atoms. The molecule has 0 amide bonds. The Labute approximate surface area is 192 Å². The van der Waals surface area contributed by atoms with Gasteiger partial charge >= 0.3 is 168 Å². The fourth-order valence-electron chi connectivity index (χ4n) is 4.10. The molecule has 0 fully saturated rings. The Morgan fingerprint density at radius 1 is 0.448 bits per heavy atom. The molecule has 0 spiro atoms. The van der Waals surface area contributed by atoms with E-state index < -0.39 is 23.2 Å².